The van der Waals surface area contributed by atoms with Gasteiger partial charge in [0.2, 0.25) is 34.7 Å². The second-order valence-electron chi connectivity index (χ2n) is 35.1. The van der Waals surface area contributed by atoms with Gasteiger partial charge in [-0.3, -0.25) is 26.4 Å². The van der Waals surface area contributed by atoms with Gasteiger partial charge in [-0.2, -0.15) is 0 Å². The lowest BCUT2D eigenvalue weighted by Crippen LogP contribution is -2.10. The maximum Gasteiger partial charge on any atom is 0.223 e. The largest absolute Gasteiger partial charge is 0.276 e. The van der Waals surface area contributed by atoms with Crippen molar-refractivity contribution in [1.82, 2.24) is 69.5 Å². The molecule has 0 bridgehead atoms. The smallest absolute Gasteiger partial charge is 0.223 e. The van der Waals surface area contributed by atoms with E-state index in [1.807, 2.05) is 0 Å². The molecule has 18 aromatic carbocycles. The molecule has 12 heterocycles. The van der Waals surface area contributed by atoms with E-state index in [4.69, 9.17) is 29.9 Å². The summed E-state index contributed by atoms with van der Waals surface area (Å²) in [7, 11) is 0. The van der Waals surface area contributed by atoms with E-state index in [0.29, 0.717) is 0 Å². The highest BCUT2D eigenvalue weighted by Crippen LogP contribution is 2.45. The zero-order valence-corrected chi connectivity index (χ0v) is 68.3. The molecule has 15 nitrogen and oxygen atoms in total. The van der Waals surface area contributed by atoms with Crippen LogP contribution in [0.3, 0.4) is 0 Å². The molecule has 15 heteroatoms. The average Bonchev–Trinajstić information content (AvgIpc) is 1.52. The lowest BCUT2D eigenvalue weighted by atomic mass is 9.86. The summed E-state index contributed by atoms with van der Waals surface area (Å²) in [6.07, 6.45) is 0. The van der Waals surface area contributed by atoms with Crippen molar-refractivity contribution in [1.29, 1.82) is 0 Å². The number of nitrogens with zero attached hydrogens (tertiary/aromatic N) is 15. The SMILES string of the molecule is CC(C)(C)c1ccc(-c2cc3c4c(c2)n2c5cc6ccccc6cc5nc2n4c2nc4cc5ccccc5cc4n32)cc1.Cc1cc(-c2cc3c4c(c2)n2c5cc6ccccc6cc5nc2n4c2nc4cc5ccccc5cc4n32)cc(C)c1C.c1ccc(-c2cc3c4c(c2)n2c5cc6ccccc6cc5nc2n4c2nc4cc5ccccc5cc4n32)cc1. The lowest BCUT2D eigenvalue weighted by molar-refractivity contribution is 0.590. The molecule has 30 rings (SSSR count). The van der Waals surface area contributed by atoms with Crippen LogP contribution in [0.4, 0.5) is 0 Å². The van der Waals surface area contributed by atoms with Crippen LogP contribution in [0.1, 0.15) is 43.0 Å². The highest BCUT2D eigenvalue weighted by atomic mass is 15.3. The summed E-state index contributed by atoms with van der Waals surface area (Å²) in [5, 5.41) is 14.4. The predicted molar refractivity (Wildman–Crippen MR) is 510 cm³/mol. The van der Waals surface area contributed by atoms with Crippen LogP contribution in [0.2, 0.25) is 0 Å². The molecule has 30 aromatic rings. The first-order valence-electron chi connectivity index (χ1n) is 42.5. The van der Waals surface area contributed by atoms with E-state index in [1.165, 1.54) is 120 Å². The Bertz CT molecular complexity index is 9420. The molecule has 0 N–H and O–H groups in total. The Morgan fingerprint density at radius 2 is 0.387 bits per heavy atom. The number of aryl methyl sites for hydroxylation is 2. The van der Waals surface area contributed by atoms with Crippen molar-refractivity contribution in [2.75, 3.05) is 0 Å². The minimum Gasteiger partial charge on any atom is -0.276 e. The molecule has 0 spiro atoms. The molecule has 0 aliphatic heterocycles. The minimum absolute atomic E-state index is 0.103. The van der Waals surface area contributed by atoms with Gasteiger partial charge in [-0.15, -0.1) is 0 Å². The van der Waals surface area contributed by atoms with E-state index in [0.717, 1.165) is 151 Å². The van der Waals surface area contributed by atoms with Crippen LogP contribution in [0.5, 0.6) is 0 Å². The molecule has 0 saturated carbocycles. The van der Waals surface area contributed by atoms with Crippen molar-refractivity contribution in [3.63, 3.8) is 0 Å². The maximum absolute atomic E-state index is 5.25. The Morgan fingerprint density at radius 1 is 0.185 bits per heavy atom. The summed E-state index contributed by atoms with van der Waals surface area (Å²) in [6, 6.07) is 116. The van der Waals surface area contributed by atoms with Crippen molar-refractivity contribution in [2.24, 2.45) is 0 Å². The molecule has 0 saturated heterocycles. The number of imidazole rings is 12. The van der Waals surface area contributed by atoms with Crippen LogP contribution in [0.15, 0.2) is 322 Å². The van der Waals surface area contributed by atoms with E-state index in [1.54, 1.807) is 0 Å². The Morgan fingerprint density at radius 3 is 0.621 bits per heavy atom. The minimum atomic E-state index is 0.103. The predicted octanol–water partition coefficient (Wildman–Crippen LogP) is 26.5. The fourth-order valence-corrected chi connectivity index (χ4v) is 20.7. The number of aromatic nitrogens is 15. The molecule has 582 valence electrons. The molecule has 0 amide bonds. The normalized spacial score (nSPS) is 12.8. The highest BCUT2D eigenvalue weighted by Gasteiger charge is 2.31. The summed E-state index contributed by atoms with van der Waals surface area (Å²) in [6.45, 7) is 13.4. The van der Waals surface area contributed by atoms with Crippen molar-refractivity contribution < 1.29 is 0 Å². The summed E-state index contributed by atoms with van der Waals surface area (Å²) in [4.78, 5) is 31.4. The van der Waals surface area contributed by atoms with Gasteiger partial charge in [0.05, 0.1) is 99.3 Å². The van der Waals surface area contributed by atoms with Gasteiger partial charge in [0.1, 0.15) is 16.6 Å². The van der Waals surface area contributed by atoms with Crippen molar-refractivity contribution in [3.05, 3.63) is 344 Å². The number of rotatable bonds is 3. The number of fused-ring (bicyclic) bond motifs is 36. The zero-order valence-electron chi connectivity index (χ0n) is 68.3. The maximum atomic E-state index is 5.25. The van der Waals surface area contributed by atoms with Gasteiger partial charge in [-0.05, 0) is 256 Å². The topological polar surface area (TPSA) is 117 Å². The van der Waals surface area contributed by atoms with Gasteiger partial charge < -0.3 is 0 Å². The van der Waals surface area contributed by atoms with E-state index >= 15 is 0 Å². The molecule has 0 radical (unpaired) electrons. The van der Waals surface area contributed by atoms with Crippen LogP contribution in [-0.4, -0.2) is 69.5 Å². The third-order valence-corrected chi connectivity index (χ3v) is 27.0. The van der Waals surface area contributed by atoms with Crippen molar-refractivity contribution in [3.8, 4) is 33.4 Å². The zero-order chi connectivity index (χ0) is 81.7. The van der Waals surface area contributed by atoms with Gasteiger partial charge in [-0.25, -0.2) is 43.1 Å². The summed E-state index contributed by atoms with van der Waals surface area (Å²) >= 11 is 0. The van der Waals surface area contributed by atoms with Gasteiger partial charge in [0.15, 0.2) is 0 Å². The first kappa shape index (κ1) is 67.6. The third kappa shape index (κ3) is 9.27. The molecule has 0 aliphatic carbocycles. The Hall–Kier alpha value is -16.3. The highest BCUT2D eigenvalue weighted by molar-refractivity contribution is 6.14. The molecule has 12 aromatic heterocycles. The molecule has 0 atom stereocenters. The molecule has 0 fully saturated rings. The van der Waals surface area contributed by atoms with Gasteiger partial charge >= 0.3 is 0 Å². The van der Waals surface area contributed by atoms with Crippen LogP contribution in [0.25, 0.3) is 249 Å². The van der Waals surface area contributed by atoms with Crippen molar-refractivity contribution >= 4 is 215 Å². The number of benzene rings is 18. The Labute approximate surface area is 704 Å². The first-order valence-corrected chi connectivity index (χ1v) is 42.5. The Balaban J connectivity index is 0.0000000952. The molecule has 0 aliphatic rings. The lowest BCUT2D eigenvalue weighted by Gasteiger charge is -2.19. The van der Waals surface area contributed by atoms with Gasteiger partial charge in [0.25, 0.3) is 0 Å². The number of hydrogen-bond acceptors (Lipinski definition) is 6. The molecular formula is C109H71N15. The van der Waals surface area contributed by atoms with Crippen molar-refractivity contribution in [2.45, 2.75) is 47.0 Å². The van der Waals surface area contributed by atoms with Crippen LogP contribution in [0, 0.1) is 20.8 Å². The van der Waals surface area contributed by atoms with Crippen LogP contribution >= 0.6 is 0 Å². The summed E-state index contributed by atoms with van der Waals surface area (Å²) in [5.41, 5.74) is 35.4. The molecule has 124 heavy (non-hydrogen) atoms. The fraction of sp³-hybridized carbons (Fsp3) is 0.0642. The molecule has 0 unspecified atom stereocenters. The van der Waals surface area contributed by atoms with Gasteiger partial charge in [0, 0.05) is 0 Å². The third-order valence-electron chi connectivity index (χ3n) is 27.0. The van der Waals surface area contributed by atoms with Crippen LogP contribution < -0.4 is 0 Å². The first-order chi connectivity index (χ1) is 60.8. The van der Waals surface area contributed by atoms with E-state index in [-0.39, 0.29) is 5.41 Å². The van der Waals surface area contributed by atoms with Gasteiger partial charge in [-0.1, -0.05) is 233 Å². The Kier molecular flexibility index (Phi) is 13.1. The fourth-order valence-electron chi connectivity index (χ4n) is 20.7. The van der Waals surface area contributed by atoms with E-state index < -0.39 is 0 Å². The summed E-state index contributed by atoms with van der Waals surface area (Å²) < 4.78 is 20.7. The average molecular weight is 1590 g/mol. The van der Waals surface area contributed by atoms with Crippen LogP contribution in [-0.2, 0) is 5.41 Å². The van der Waals surface area contributed by atoms with E-state index in [2.05, 4.69) is 403 Å². The second-order valence-corrected chi connectivity index (χ2v) is 35.1. The standard InChI is InChI=1S/C38H27N5.C37H25N5.C34H19N5/c1-38(2,3)28-14-12-22(13-15-28)27-20-33-35-34(21-27)42-32-19-26-11-7-5-9-24(26)17-30(32)40-37(42)43(35)36-39-29-16-23-8-4-6-10-25(23)18-31(29)41(33)36;1-20-12-27(13-21(2)22(20)3)28-18-33-35-34(19-28)41-32-17-26-11-7-5-9-24(26)15-30(32)39-37(41)42(35)36-38-29-14-23-8-4-6-10-25(23)16-31(29)40(33)36;1-2-8-20(9-3-1)25-18-30-32-31(19-25)38-29-17-24-13-7-5-11-22(24)15-27(29)36-34(38)39(32)33-35-26-14-21-10-4-6-12-23(21)16-28(26)37(30)33/h4-21H,1-3H3;4-19H,1-3H3;1-19H. The molecular weight excluding hydrogens is 1520 g/mol. The van der Waals surface area contributed by atoms with E-state index in [9.17, 15) is 0 Å². The number of hydrogen-bond donors (Lipinski definition) is 0. The second kappa shape index (κ2) is 24.1. The monoisotopic (exact) mass is 1590 g/mol. The quantitative estimate of drug-likeness (QED) is 0.174. The summed E-state index contributed by atoms with van der Waals surface area (Å²) in [5.74, 6) is 5.34.